The van der Waals surface area contributed by atoms with Crippen LogP contribution < -0.4 is 0 Å². The van der Waals surface area contributed by atoms with Gasteiger partial charge in [-0.25, -0.2) is 0 Å². The zero-order chi connectivity index (χ0) is 10.8. The molecule has 15 heavy (non-hydrogen) atoms. The van der Waals surface area contributed by atoms with E-state index < -0.39 is 0 Å². The number of nitrogens with zero attached hydrogens (tertiary/aromatic N) is 1. The predicted octanol–water partition coefficient (Wildman–Crippen LogP) is 2.60. The van der Waals surface area contributed by atoms with Crippen LogP contribution in [0.4, 0.5) is 0 Å². The average Bonchev–Trinajstić information content (AvgIpc) is 2.28. The first kappa shape index (κ1) is 10.1. The topological polar surface area (TPSA) is 33.1 Å². The van der Waals surface area contributed by atoms with E-state index in [-0.39, 0.29) is 6.61 Å². The second-order valence-electron chi connectivity index (χ2n) is 3.84. The summed E-state index contributed by atoms with van der Waals surface area (Å²) >= 11 is 0. The van der Waals surface area contributed by atoms with Gasteiger partial charge in [0.25, 0.3) is 0 Å². The SMILES string of the molecule is CCc1cnc2c(C)cc(CO)cc2c1. The lowest BCUT2D eigenvalue weighted by Gasteiger charge is -2.06. The van der Waals surface area contributed by atoms with Gasteiger partial charge in [0.15, 0.2) is 0 Å². The Kier molecular flexibility index (Phi) is 2.69. The van der Waals surface area contributed by atoms with Crippen molar-refractivity contribution < 1.29 is 5.11 Å². The molecule has 0 bridgehead atoms. The Morgan fingerprint density at radius 2 is 1.93 bits per heavy atom. The van der Waals surface area contributed by atoms with E-state index in [0.29, 0.717) is 0 Å². The van der Waals surface area contributed by atoms with Gasteiger partial charge in [0.1, 0.15) is 0 Å². The molecule has 0 aliphatic heterocycles. The number of aliphatic hydroxyl groups excluding tert-OH is 1. The van der Waals surface area contributed by atoms with Gasteiger partial charge in [-0.3, -0.25) is 4.98 Å². The van der Waals surface area contributed by atoms with Crippen molar-refractivity contribution in [2.24, 2.45) is 0 Å². The van der Waals surface area contributed by atoms with Crippen molar-refractivity contribution in [1.29, 1.82) is 0 Å². The zero-order valence-corrected chi connectivity index (χ0v) is 9.12. The molecule has 0 unspecified atom stereocenters. The molecule has 0 saturated heterocycles. The van der Waals surface area contributed by atoms with Crippen molar-refractivity contribution in [1.82, 2.24) is 4.98 Å². The standard InChI is InChI=1S/C13H15NO/c1-3-10-5-12-6-11(8-15)4-9(2)13(12)14-7-10/h4-7,15H,3,8H2,1-2H3. The van der Waals surface area contributed by atoms with Crippen molar-refractivity contribution in [2.45, 2.75) is 26.9 Å². The summed E-state index contributed by atoms with van der Waals surface area (Å²) in [5, 5.41) is 10.3. The maximum absolute atomic E-state index is 9.13. The van der Waals surface area contributed by atoms with E-state index in [1.165, 1.54) is 5.56 Å². The molecule has 0 radical (unpaired) electrons. The maximum Gasteiger partial charge on any atom is 0.0731 e. The van der Waals surface area contributed by atoms with Crippen molar-refractivity contribution >= 4 is 10.9 Å². The lowest BCUT2D eigenvalue weighted by molar-refractivity contribution is 0.282. The summed E-state index contributed by atoms with van der Waals surface area (Å²) in [5.41, 5.74) is 4.34. The summed E-state index contributed by atoms with van der Waals surface area (Å²) < 4.78 is 0. The first-order chi connectivity index (χ1) is 7.24. The number of rotatable bonds is 2. The van der Waals surface area contributed by atoms with Gasteiger partial charge in [-0.15, -0.1) is 0 Å². The Labute approximate surface area is 89.6 Å². The Bertz CT molecular complexity index is 486. The Balaban J connectivity index is 2.69. The van der Waals surface area contributed by atoms with Crippen LogP contribution in [0.25, 0.3) is 10.9 Å². The van der Waals surface area contributed by atoms with E-state index in [1.807, 2.05) is 25.3 Å². The van der Waals surface area contributed by atoms with Gasteiger partial charge in [0, 0.05) is 11.6 Å². The van der Waals surface area contributed by atoms with Crippen LogP contribution >= 0.6 is 0 Å². The summed E-state index contributed by atoms with van der Waals surface area (Å²) in [4.78, 5) is 4.45. The number of aryl methyl sites for hydroxylation is 2. The molecule has 0 saturated carbocycles. The zero-order valence-electron chi connectivity index (χ0n) is 9.12. The largest absolute Gasteiger partial charge is 0.392 e. The summed E-state index contributed by atoms with van der Waals surface area (Å²) in [6, 6.07) is 6.14. The van der Waals surface area contributed by atoms with Crippen molar-refractivity contribution in [3.8, 4) is 0 Å². The molecular weight excluding hydrogens is 186 g/mol. The first-order valence-electron chi connectivity index (χ1n) is 5.23. The average molecular weight is 201 g/mol. The quantitative estimate of drug-likeness (QED) is 0.810. The van der Waals surface area contributed by atoms with E-state index >= 15 is 0 Å². The summed E-state index contributed by atoms with van der Waals surface area (Å²) in [6.07, 6.45) is 2.92. The van der Waals surface area contributed by atoms with Crippen LogP contribution in [0.3, 0.4) is 0 Å². The highest BCUT2D eigenvalue weighted by atomic mass is 16.3. The third kappa shape index (κ3) is 1.85. The van der Waals surface area contributed by atoms with Crippen LogP contribution in [-0.2, 0) is 13.0 Å². The molecule has 1 heterocycles. The molecule has 0 aliphatic carbocycles. The minimum atomic E-state index is 0.0904. The number of hydrogen-bond donors (Lipinski definition) is 1. The van der Waals surface area contributed by atoms with Gasteiger partial charge in [-0.05, 0) is 42.2 Å². The fraction of sp³-hybridized carbons (Fsp3) is 0.308. The lowest BCUT2D eigenvalue weighted by Crippen LogP contribution is -1.91. The molecule has 0 spiro atoms. The molecule has 2 heteroatoms. The molecule has 0 atom stereocenters. The van der Waals surface area contributed by atoms with Crippen LogP contribution in [0, 0.1) is 6.92 Å². The summed E-state index contributed by atoms with van der Waals surface area (Å²) in [6.45, 7) is 4.23. The first-order valence-corrected chi connectivity index (χ1v) is 5.23. The van der Waals surface area contributed by atoms with Gasteiger partial charge in [-0.1, -0.05) is 13.0 Å². The van der Waals surface area contributed by atoms with Crippen LogP contribution in [0.15, 0.2) is 24.4 Å². The number of pyridine rings is 1. The fourth-order valence-corrected chi connectivity index (χ4v) is 1.84. The number of aromatic nitrogens is 1. The second-order valence-corrected chi connectivity index (χ2v) is 3.84. The highest BCUT2D eigenvalue weighted by Gasteiger charge is 2.02. The van der Waals surface area contributed by atoms with Crippen molar-refractivity contribution in [2.75, 3.05) is 0 Å². The predicted molar refractivity (Wildman–Crippen MR) is 61.8 cm³/mol. The second kappa shape index (κ2) is 3.99. The Morgan fingerprint density at radius 1 is 1.20 bits per heavy atom. The van der Waals surface area contributed by atoms with E-state index in [9.17, 15) is 0 Å². The fourth-order valence-electron chi connectivity index (χ4n) is 1.84. The molecule has 78 valence electrons. The Morgan fingerprint density at radius 3 is 2.60 bits per heavy atom. The lowest BCUT2D eigenvalue weighted by atomic mass is 10.0. The number of hydrogen-bond acceptors (Lipinski definition) is 2. The van der Waals surface area contributed by atoms with Gasteiger partial charge in [-0.2, -0.15) is 0 Å². The molecule has 1 aromatic heterocycles. The molecular formula is C13H15NO. The molecule has 0 aliphatic rings. The highest BCUT2D eigenvalue weighted by Crippen LogP contribution is 2.20. The molecule has 2 aromatic rings. The number of fused-ring (bicyclic) bond motifs is 1. The highest BCUT2D eigenvalue weighted by molar-refractivity contribution is 5.82. The molecule has 2 nitrogen and oxygen atoms in total. The van der Waals surface area contributed by atoms with E-state index in [0.717, 1.165) is 28.5 Å². The molecule has 0 amide bonds. The molecule has 2 rings (SSSR count). The normalized spacial score (nSPS) is 10.9. The molecule has 1 N–H and O–H groups in total. The van der Waals surface area contributed by atoms with Gasteiger partial charge >= 0.3 is 0 Å². The maximum atomic E-state index is 9.13. The summed E-state index contributed by atoms with van der Waals surface area (Å²) in [7, 11) is 0. The van der Waals surface area contributed by atoms with Crippen LogP contribution in [-0.4, -0.2) is 10.1 Å². The molecule has 1 aromatic carbocycles. The van der Waals surface area contributed by atoms with E-state index in [2.05, 4.69) is 18.0 Å². The van der Waals surface area contributed by atoms with Crippen LogP contribution in [0.5, 0.6) is 0 Å². The third-order valence-corrected chi connectivity index (χ3v) is 2.68. The third-order valence-electron chi connectivity index (χ3n) is 2.68. The van der Waals surface area contributed by atoms with Crippen LogP contribution in [0.2, 0.25) is 0 Å². The van der Waals surface area contributed by atoms with E-state index in [4.69, 9.17) is 5.11 Å². The van der Waals surface area contributed by atoms with Crippen molar-refractivity contribution in [3.05, 3.63) is 41.1 Å². The monoisotopic (exact) mass is 201 g/mol. The van der Waals surface area contributed by atoms with E-state index in [1.54, 1.807) is 0 Å². The number of benzene rings is 1. The Hall–Kier alpha value is -1.41. The van der Waals surface area contributed by atoms with Crippen molar-refractivity contribution in [3.63, 3.8) is 0 Å². The number of aliphatic hydroxyl groups is 1. The minimum absolute atomic E-state index is 0.0904. The van der Waals surface area contributed by atoms with Crippen LogP contribution in [0.1, 0.15) is 23.6 Å². The van der Waals surface area contributed by atoms with Gasteiger partial charge in [0.05, 0.1) is 12.1 Å². The summed E-state index contributed by atoms with van der Waals surface area (Å²) in [5.74, 6) is 0. The minimum Gasteiger partial charge on any atom is -0.392 e. The molecule has 0 fully saturated rings. The smallest absolute Gasteiger partial charge is 0.0731 e. The van der Waals surface area contributed by atoms with Gasteiger partial charge < -0.3 is 5.11 Å². The van der Waals surface area contributed by atoms with Gasteiger partial charge in [0.2, 0.25) is 0 Å².